The molecule has 2 aromatic carbocycles. The molecule has 15 nitrogen and oxygen atoms in total. The van der Waals surface area contributed by atoms with E-state index in [1.54, 1.807) is 30.6 Å². The van der Waals surface area contributed by atoms with Crippen molar-refractivity contribution in [3.05, 3.63) is 75.9 Å². The summed E-state index contributed by atoms with van der Waals surface area (Å²) in [7, 11) is 0. The molecule has 4 aliphatic heterocycles. The van der Waals surface area contributed by atoms with Crippen LogP contribution in [0.2, 0.25) is 5.02 Å². The van der Waals surface area contributed by atoms with E-state index in [9.17, 15) is 24.0 Å². The SMILES string of the molecule is N#Cc1ccc(OC2CCC(NC(=O)c3cnc(N4CCN(C5CC6(CCN(c7cc8c(cc7F)C(=O)N(C7CCC(=O)NC7=O)C8=O)CC6)C5)CC4)cn3)CC2)cc1Cl. The summed E-state index contributed by atoms with van der Waals surface area (Å²) in [6.45, 7) is 4.66. The van der Waals surface area contributed by atoms with Gasteiger partial charge >= 0.3 is 0 Å². The van der Waals surface area contributed by atoms with E-state index in [0.717, 1.165) is 94.3 Å². The molecule has 312 valence electrons. The van der Waals surface area contributed by atoms with E-state index < -0.39 is 35.5 Å². The lowest BCUT2D eigenvalue weighted by atomic mass is 9.60. The van der Waals surface area contributed by atoms with Crippen molar-refractivity contribution in [2.24, 2.45) is 5.41 Å². The van der Waals surface area contributed by atoms with Gasteiger partial charge in [0.1, 0.15) is 35.2 Å². The maximum Gasteiger partial charge on any atom is 0.271 e. The molecule has 0 radical (unpaired) electrons. The Kier molecular flexibility index (Phi) is 10.7. The quantitative estimate of drug-likeness (QED) is 0.309. The zero-order valence-corrected chi connectivity index (χ0v) is 33.8. The van der Waals surface area contributed by atoms with Crippen molar-refractivity contribution >= 4 is 52.6 Å². The maximum atomic E-state index is 15.5. The molecular formula is C43H45ClFN9O6. The molecule has 2 aliphatic carbocycles. The van der Waals surface area contributed by atoms with Crippen LogP contribution >= 0.6 is 11.6 Å². The van der Waals surface area contributed by atoms with Crippen molar-refractivity contribution in [2.45, 2.75) is 88.4 Å². The molecule has 5 heterocycles. The van der Waals surface area contributed by atoms with Crippen LogP contribution in [0.25, 0.3) is 0 Å². The zero-order chi connectivity index (χ0) is 41.7. The van der Waals surface area contributed by atoms with Crippen LogP contribution < -0.4 is 25.2 Å². The summed E-state index contributed by atoms with van der Waals surface area (Å²) in [6, 6.07) is 9.08. The third-order valence-electron chi connectivity index (χ3n) is 13.4. The van der Waals surface area contributed by atoms with Gasteiger partial charge in [0.15, 0.2) is 0 Å². The van der Waals surface area contributed by atoms with Gasteiger partial charge in [-0.05, 0) is 87.5 Å². The number of carbonyl (C=O) groups excluding carboxylic acids is 5. The molecule has 3 aromatic rings. The fraction of sp³-hybridized carbons (Fsp3) is 0.488. The average Bonchev–Trinajstić information content (AvgIpc) is 3.47. The van der Waals surface area contributed by atoms with Crippen LogP contribution in [0.4, 0.5) is 15.9 Å². The first-order chi connectivity index (χ1) is 29.0. The number of imide groups is 2. The summed E-state index contributed by atoms with van der Waals surface area (Å²) < 4.78 is 21.6. The Balaban J connectivity index is 0.709. The van der Waals surface area contributed by atoms with Crippen molar-refractivity contribution < 1.29 is 33.1 Å². The Hall–Kier alpha value is -5.66. The van der Waals surface area contributed by atoms with Crippen LogP contribution in [-0.2, 0) is 9.59 Å². The Morgan fingerprint density at radius 3 is 2.27 bits per heavy atom. The molecule has 1 unspecified atom stereocenters. The molecule has 5 fully saturated rings. The topological polar surface area (TPSA) is 181 Å². The van der Waals surface area contributed by atoms with E-state index in [-0.39, 0.29) is 58.8 Å². The first-order valence-corrected chi connectivity index (χ1v) is 21.1. The number of benzene rings is 2. The van der Waals surface area contributed by atoms with Gasteiger partial charge in [-0.1, -0.05) is 11.6 Å². The van der Waals surface area contributed by atoms with E-state index in [1.165, 1.54) is 6.07 Å². The number of nitrogens with zero attached hydrogens (tertiary/aromatic N) is 7. The number of aromatic nitrogens is 2. The number of ether oxygens (including phenoxy) is 1. The molecule has 17 heteroatoms. The lowest BCUT2D eigenvalue weighted by Gasteiger charge is -2.56. The number of anilines is 2. The zero-order valence-electron chi connectivity index (χ0n) is 33.0. The molecule has 9 rings (SSSR count). The molecule has 3 saturated heterocycles. The Morgan fingerprint density at radius 2 is 1.62 bits per heavy atom. The number of hydrogen-bond acceptors (Lipinski definition) is 12. The first-order valence-electron chi connectivity index (χ1n) is 20.8. The van der Waals surface area contributed by atoms with Crippen molar-refractivity contribution in [1.29, 1.82) is 5.26 Å². The van der Waals surface area contributed by atoms with Gasteiger partial charge < -0.3 is 19.9 Å². The number of halogens is 2. The van der Waals surface area contributed by atoms with Crippen LogP contribution in [0.1, 0.15) is 101 Å². The minimum atomic E-state index is -1.10. The lowest BCUT2D eigenvalue weighted by Crippen LogP contribution is -2.59. The van der Waals surface area contributed by atoms with Gasteiger partial charge in [0.25, 0.3) is 17.7 Å². The highest BCUT2D eigenvalue weighted by atomic mass is 35.5. The maximum absolute atomic E-state index is 15.5. The number of piperidine rings is 2. The molecule has 2 saturated carbocycles. The number of piperazine rings is 1. The Labute approximate surface area is 351 Å². The van der Waals surface area contributed by atoms with Crippen LogP contribution in [0.5, 0.6) is 5.75 Å². The summed E-state index contributed by atoms with van der Waals surface area (Å²) in [6.07, 6.45) is 10.3. The third-order valence-corrected chi connectivity index (χ3v) is 13.7. The highest BCUT2D eigenvalue weighted by Gasteiger charge is 2.49. The first kappa shape index (κ1) is 39.8. The number of carbonyl (C=O) groups is 5. The largest absolute Gasteiger partial charge is 0.490 e. The third kappa shape index (κ3) is 7.64. The van der Waals surface area contributed by atoms with Crippen LogP contribution in [0.3, 0.4) is 0 Å². The van der Waals surface area contributed by atoms with Gasteiger partial charge in [-0.25, -0.2) is 14.4 Å². The molecule has 1 aromatic heterocycles. The van der Waals surface area contributed by atoms with Gasteiger partial charge in [-0.15, -0.1) is 0 Å². The van der Waals surface area contributed by atoms with E-state index >= 15 is 4.39 Å². The van der Waals surface area contributed by atoms with Gasteiger partial charge in [0.05, 0.1) is 45.9 Å². The number of rotatable bonds is 8. The lowest BCUT2D eigenvalue weighted by molar-refractivity contribution is -0.136. The number of amides is 5. The van der Waals surface area contributed by atoms with Gasteiger partial charge in [0, 0.05) is 63.8 Å². The molecule has 5 amide bonds. The Bertz CT molecular complexity index is 2270. The summed E-state index contributed by atoms with van der Waals surface area (Å²) in [4.78, 5) is 80.2. The van der Waals surface area contributed by atoms with Crippen molar-refractivity contribution in [2.75, 3.05) is 49.1 Å². The normalized spacial score (nSPS) is 24.5. The predicted molar refractivity (Wildman–Crippen MR) is 216 cm³/mol. The van der Waals surface area contributed by atoms with Crippen molar-refractivity contribution in [3.63, 3.8) is 0 Å². The number of hydrogen-bond donors (Lipinski definition) is 2. The fourth-order valence-electron chi connectivity index (χ4n) is 9.90. The highest BCUT2D eigenvalue weighted by molar-refractivity contribution is 6.31. The highest BCUT2D eigenvalue weighted by Crippen LogP contribution is 2.52. The monoisotopic (exact) mass is 837 g/mol. The van der Waals surface area contributed by atoms with Gasteiger partial charge in [0.2, 0.25) is 11.8 Å². The van der Waals surface area contributed by atoms with Crippen LogP contribution in [0, 0.1) is 22.6 Å². The van der Waals surface area contributed by atoms with Crippen LogP contribution in [0.15, 0.2) is 42.7 Å². The molecule has 1 atom stereocenters. The number of nitrogens with one attached hydrogen (secondary N) is 2. The molecule has 1 spiro atoms. The number of fused-ring (bicyclic) bond motifs is 1. The van der Waals surface area contributed by atoms with E-state index in [2.05, 4.69) is 30.4 Å². The molecular weight excluding hydrogens is 793 g/mol. The summed E-state index contributed by atoms with van der Waals surface area (Å²) in [5, 5.41) is 14.7. The van der Waals surface area contributed by atoms with Gasteiger partial charge in [-0.2, -0.15) is 5.26 Å². The van der Waals surface area contributed by atoms with E-state index in [1.807, 2.05) is 11.0 Å². The summed E-state index contributed by atoms with van der Waals surface area (Å²) in [5.74, 6) is -1.93. The smallest absolute Gasteiger partial charge is 0.271 e. The molecule has 6 aliphatic rings. The van der Waals surface area contributed by atoms with E-state index in [0.29, 0.717) is 35.5 Å². The minimum absolute atomic E-state index is 0.00915. The summed E-state index contributed by atoms with van der Waals surface area (Å²) in [5.41, 5.74) is 1.20. The predicted octanol–water partition coefficient (Wildman–Crippen LogP) is 4.23. The molecule has 0 bridgehead atoms. The van der Waals surface area contributed by atoms with Gasteiger partial charge in [-0.3, -0.25) is 39.1 Å². The average molecular weight is 838 g/mol. The summed E-state index contributed by atoms with van der Waals surface area (Å²) >= 11 is 6.15. The minimum Gasteiger partial charge on any atom is -0.490 e. The second-order valence-electron chi connectivity index (χ2n) is 16.9. The van der Waals surface area contributed by atoms with Crippen molar-refractivity contribution in [3.8, 4) is 11.8 Å². The van der Waals surface area contributed by atoms with Crippen LogP contribution in [-0.4, -0.2) is 113 Å². The van der Waals surface area contributed by atoms with Crippen molar-refractivity contribution in [1.82, 2.24) is 30.4 Å². The second-order valence-corrected chi connectivity index (χ2v) is 17.4. The number of nitriles is 1. The Morgan fingerprint density at radius 1 is 0.900 bits per heavy atom. The second kappa shape index (κ2) is 16.1. The molecule has 2 N–H and O–H groups in total. The fourth-order valence-corrected chi connectivity index (χ4v) is 10.1. The molecule has 60 heavy (non-hydrogen) atoms. The standard InChI is InChI=1S/C43H45ClFN9O6/c44-32-17-29(4-1-25(32)22-46)60-28-5-2-26(3-6-28)49-39(56)34-23-48-37(24-47-34)53-15-13-51(14-16-53)27-20-43(21-27)9-11-52(12-10-43)36-19-31-30(18-33(36)45)41(58)54(42(31)59)35-7-8-38(55)50-40(35)57/h1,4,17-19,23-24,26-28,35H,2-3,5-16,20-21H2,(H,49,56)(H,50,55,57). The van der Waals surface area contributed by atoms with E-state index in [4.69, 9.17) is 21.6 Å².